The maximum absolute atomic E-state index is 16.9. The normalized spacial score (nSPS) is 25.4. The molecule has 372 valence electrons. The highest BCUT2D eigenvalue weighted by molar-refractivity contribution is 6.24. The second-order valence-electron chi connectivity index (χ2n) is 20.2. The van der Waals surface area contributed by atoms with Crippen LogP contribution in [0.3, 0.4) is 0 Å². The van der Waals surface area contributed by atoms with Crippen LogP contribution in [0.2, 0.25) is 0 Å². The Kier molecular flexibility index (Phi) is 14.3. The van der Waals surface area contributed by atoms with Gasteiger partial charge in [-0.2, -0.15) is 0 Å². The number of morpholine rings is 1. The number of nitrogens with zero attached hydrogens (tertiary/aromatic N) is 3. The molecule has 5 aromatic carbocycles. The number of nitrogens with one attached hydrogen (secondary N) is 1. The average molecular weight is 969 g/mol. The Morgan fingerprint density at radius 1 is 0.750 bits per heavy atom. The van der Waals surface area contributed by atoms with Crippen molar-refractivity contribution in [2.24, 2.45) is 5.92 Å². The van der Waals surface area contributed by atoms with E-state index in [4.69, 9.17) is 9.47 Å². The second-order valence-corrected chi connectivity index (χ2v) is 20.2. The fourth-order valence-corrected chi connectivity index (χ4v) is 12.3. The fourth-order valence-electron chi connectivity index (χ4n) is 12.3. The molecule has 7 unspecified atom stereocenters. The Morgan fingerprint density at radius 2 is 1.38 bits per heavy atom. The number of anilines is 1. The minimum atomic E-state index is -1.98. The van der Waals surface area contributed by atoms with Crippen LogP contribution in [0, 0.1) is 17.8 Å². The number of carbonyl (C=O) groups excluding carboxylic acids is 4. The van der Waals surface area contributed by atoms with Crippen molar-refractivity contribution in [1.29, 1.82) is 0 Å². The summed E-state index contributed by atoms with van der Waals surface area (Å²) in [5.41, 5.74) is 0.857. The summed E-state index contributed by atoms with van der Waals surface area (Å²) in [5, 5.41) is 24.9. The number of aliphatic hydroxyl groups excluding tert-OH is 1. The van der Waals surface area contributed by atoms with Crippen molar-refractivity contribution in [1.82, 2.24) is 15.1 Å². The van der Waals surface area contributed by atoms with Crippen LogP contribution in [0.15, 0.2) is 133 Å². The van der Waals surface area contributed by atoms with E-state index < -0.39 is 65.1 Å². The van der Waals surface area contributed by atoms with Gasteiger partial charge >= 0.3 is 12.0 Å². The van der Waals surface area contributed by atoms with Gasteiger partial charge in [0.1, 0.15) is 35.5 Å². The first-order valence-corrected chi connectivity index (χ1v) is 25.9. The van der Waals surface area contributed by atoms with E-state index in [0.29, 0.717) is 48.4 Å². The van der Waals surface area contributed by atoms with Gasteiger partial charge in [0.25, 0.3) is 0 Å². The highest BCUT2D eigenvalue weighted by Gasteiger charge is 2.76. The molecule has 3 saturated heterocycles. The molecule has 10 rings (SSSR count). The van der Waals surface area contributed by atoms with Gasteiger partial charge in [-0.05, 0) is 104 Å². The predicted octanol–water partition coefficient (Wildman–Crippen LogP) is 9.42. The highest BCUT2D eigenvalue weighted by atomic mass is 16.6. The van der Waals surface area contributed by atoms with Crippen LogP contribution in [-0.4, -0.2) is 81.8 Å². The number of imide groups is 1. The van der Waals surface area contributed by atoms with Crippen molar-refractivity contribution in [2.75, 3.05) is 31.2 Å². The summed E-state index contributed by atoms with van der Waals surface area (Å²) >= 11 is 0. The molecule has 4 heterocycles. The zero-order chi connectivity index (χ0) is 49.8. The largest absolute Gasteiger partial charge is 0.491 e. The van der Waals surface area contributed by atoms with Gasteiger partial charge in [-0.1, -0.05) is 147 Å². The predicted molar refractivity (Wildman–Crippen MR) is 274 cm³/mol. The highest BCUT2D eigenvalue weighted by Crippen LogP contribution is 2.66. The Hall–Kier alpha value is -6.78. The van der Waals surface area contributed by atoms with Crippen LogP contribution in [0.1, 0.15) is 135 Å². The van der Waals surface area contributed by atoms with E-state index in [-0.39, 0.29) is 24.8 Å². The van der Waals surface area contributed by atoms with Crippen LogP contribution >= 0.6 is 0 Å². The Balaban J connectivity index is 1.27. The number of amides is 4. The standard InChI is InChI=1S/C60H64N4O8/c1-41(43-21-10-7-11-22-43)61-58(69)63-49-30-29-42(31-34-59(70)32-16-3-4-17-33-59)39-48(49)60(57(63)68)50(55(66)62-35-18-5-2-6-19-36-62)52-56(67)72-53(45-25-14-9-15-26-45)51(44-23-12-8-13-24-44)64(52)54(60)46-27-20-28-47(40-46)71-38-37-65/h7-15,20-30,39-41,50-54,65,70H,2-6,16-19,32-33,35-38H2,1H3,(H,61,69). The van der Waals surface area contributed by atoms with E-state index >= 15 is 19.2 Å². The number of hydrogen-bond acceptors (Lipinski definition) is 9. The van der Waals surface area contributed by atoms with E-state index in [9.17, 15) is 10.2 Å². The van der Waals surface area contributed by atoms with Gasteiger partial charge in [-0.15, -0.1) is 0 Å². The SMILES string of the molecule is CC(NC(=O)N1C(=O)C2(c3cc(C#CC4(O)CCCCCC4)ccc31)C(C(=O)N1CCCCCCC1)C1C(=O)OC(c3ccccc3)C(c3ccccc3)N1C2c1cccc(OCCO)c1)c1ccccc1. The molecule has 1 saturated carbocycles. The molecule has 1 spiro atoms. The lowest BCUT2D eigenvalue weighted by molar-refractivity contribution is -0.179. The lowest BCUT2D eigenvalue weighted by atomic mass is 9.64. The number of urea groups is 1. The van der Waals surface area contributed by atoms with E-state index in [1.165, 1.54) is 4.90 Å². The summed E-state index contributed by atoms with van der Waals surface area (Å²) in [6.45, 7) is 2.48. The summed E-state index contributed by atoms with van der Waals surface area (Å²) in [5.74, 6) is 3.84. The summed E-state index contributed by atoms with van der Waals surface area (Å²) in [7, 11) is 0. The van der Waals surface area contributed by atoms with Gasteiger partial charge in [-0.3, -0.25) is 19.3 Å². The molecule has 5 aliphatic rings. The van der Waals surface area contributed by atoms with Crippen molar-refractivity contribution in [3.63, 3.8) is 0 Å². The van der Waals surface area contributed by atoms with Gasteiger partial charge < -0.3 is 29.9 Å². The van der Waals surface area contributed by atoms with E-state index in [2.05, 4.69) is 17.2 Å². The molecule has 12 nitrogen and oxygen atoms in total. The van der Waals surface area contributed by atoms with Crippen molar-refractivity contribution < 1.29 is 38.9 Å². The number of cyclic esters (lactones) is 1. The quantitative estimate of drug-likeness (QED) is 0.0747. The summed E-state index contributed by atoms with van der Waals surface area (Å²) in [6.07, 6.45) is 8.32. The number of aliphatic hydroxyl groups is 2. The Labute approximate surface area is 422 Å². The number of ether oxygens (including phenoxy) is 2. The topological polar surface area (TPSA) is 149 Å². The first-order valence-electron chi connectivity index (χ1n) is 25.9. The van der Waals surface area contributed by atoms with Gasteiger partial charge in [0, 0.05) is 18.7 Å². The van der Waals surface area contributed by atoms with Gasteiger partial charge in [0.2, 0.25) is 11.8 Å². The molecule has 4 fully saturated rings. The third-order valence-corrected chi connectivity index (χ3v) is 15.6. The number of carbonyl (C=O) groups is 4. The maximum Gasteiger partial charge on any atom is 0.329 e. The van der Waals surface area contributed by atoms with Gasteiger partial charge in [0.15, 0.2) is 0 Å². The van der Waals surface area contributed by atoms with Gasteiger partial charge in [0.05, 0.1) is 36.3 Å². The van der Waals surface area contributed by atoms with Crippen LogP contribution < -0.4 is 15.0 Å². The van der Waals surface area contributed by atoms with E-state index in [1.807, 2.05) is 132 Å². The summed E-state index contributed by atoms with van der Waals surface area (Å²) < 4.78 is 12.8. The van der Waals surface area contributed by atoms with Crippen molar-refractivity contribution in [3.05, 3.63) is 167 Å². The number of fused-ring (bicyclic) bond motifs is 3. The summed E-state index contributed by atoms with van der Waals surface area (Å²) in [4.78, 5) is 69.4. The molecule has 1 aliphatic carbocycles. The monoisotopic (exact) mass is 968 g/mol. The molecule has 4 aliphatic heterocycles. The number of esters is 1. The Bertz CT molecular complexity index is 2820. The zero-order valence-electron chi connectivity index (χ0n) is 41.0. The smallest absolute Gasteiger partial charge is 0.329 e. The van der Waals surface area contributed by atoms with Crippen LogP contribution in [-0.2, 0) is 24.5 Å². The van der Waals surface area contributed by atoms with Crippen LogP contribution in [0.5, 0.6) is 5.75 Å². The molecule has 72 heavy (non-hydrogen) atoms. The lowest BCUT2D eigenvalue weighted by Crippen LogP contribution is -2.57. The van der Waals surface area contributed by atoms with Crippen LogP contribution in [0.4, 0.5) is 10.5 Å². The van der Waals surface area contributed by atoms with Crippen molar-refractivity contribution in [2.45, 2.75) is 119 Å². The second kappa shape index (κ2) is 21.1. The average Bonchev–Trinajstić information content (AvgIpc) is 3.73. The molecule has 0 aromatic heterocycles. The molecule has 7 atom stereocenters. The first kappa shape index (κ1) is 48.8. The van der Waals surface area contributed by atoms with Crippen molar-refractivity contribution in [3.8, 4) is 17.6 Å². The zero-order valence-corrected chi connectivity index (χ0v) is 41.0. The number of hydrogen-bond donors (Lipinski definition) is 3. The van der Waals surface area contributed by atoms with Crippen LogP contribution in [0.25, 0.3) is 0 Å². The summed E-state index contributed by atoms with van der Waals surface area (Å²) in [6, 6.07) is 37.0. The van der Waals surface area contributed by atoms with E-state index in [0.717, 1.165) is 74.5 Å². The molecular formula is C60H64N4O8. The minimum absolute atomic E-state index is 0.000407. The van der Waals surface area contributed by atoms with E-state index in [1.54, 1.807) is 18.2 Å². The third-order valence-electron chi connectivity index (χ3n) is 15.6. The maximum atomic E-state index is 16.9. The molecule has 3 N–H and O–H groups in total. The molecule has 0 radical (unpaired) electrons. The molecule has 5 aromatic rings. The first-order chi connectivity index (χ1) is 35.1. The number of rotatable bonds is 9. The Morgan fingerprint density at radius 3 is 2.06 bits per heavy atom. The fraction of sp³-hybridized carbons (Fsp3) is 0.400. The number of likely N-dealkylation sites (tertiary alicyclic amines) is 1. The van der Waals surface area contributed by atoms with Crippen molar-refractivity contribution >= 4 is 29.5 Å². The molecular weight excluding hydrogens is 905 g/mol. The molecule has 4 amide bonds. The lowest BCUT2D eigenvalue weighted by Gasteiger charge is -2.46. The molecule has 0 bridgehead atoms. The number of benzene rings is 5. The molecule has 12 heteroatoms. The third kappa shape index (κ3) is 9.19. The van der Waals surface area contributed by atoms with Gasteiger partial charge in [-0.25, -0.2) is 9.69 Å². The minimum Gasteiger partial charge on any atom is -0.491 e.